The molecule has 1 aromatic rings. The van der Waals surface area contributed by atoms with Gasteiger partial charge in [0.15, 0.2) is 5.96 Å². The van der Waals surface area contributed by atoms with Crippen LogP contribution >= 0.6 is 0 Å². The van der Waals surface area contributed by atoms with Crippen molar-refractivity contribution in [1.82, 2.24) is 15.1 Å². The van der Waals surface area contributed by atoms with E-state index < -0.39 is 0 Å². The van der Waals surface area contributed by atoms with Crippen LogP contribution in [0.25, 0.3) is 0 Å². The molecule has 2 aliphatic rings. The van der Waals surface area contributed by atoms with E-state index in [2.05, 4.69) is 51.3 Å². The van der Waals surface area contributed by atoms with Gasteiger partial charge in [0.2, 0.25) is 0 Å². The van der Waals surface area contributed by atoms with Crippen molar-refractivity contribution in [3.05, 3.63) is 35.4 Å². The van der Waals surface area contributed by atoms with Crippen LogP contribution < -0.4 is 11.1 Å². The molecule has 26 heavy (non-hydrogen) atoms. The summed E-state index contributed by atoms with van der Waals surface area (Å²) in [6, 6.07) is 9.14. The Morgan fingerprint density at radius 1 is 1.23 bits per heavy atom. The lowest BCUT2D eigenvalue weighted by molar-refractivity contribution is 0.0376. The van der Waals surface area contributed by atoms with Gasteiger partial charge < -0.3 is 15.8 Å². The minimum Gasteiger partial charge on any atom is -0.379 e. The second kappa shape index (κ2) is 9.90. The molecule has 0 spiro atoms. The van der Waals surface area contributed by atoms with Gasteiger partial charge >= 0.3 is 0 Å². The van der Waals surface area contributed by atoms with E-state index in [4.69, 9.17) is 10.5 Å². The zero-order chi connectivity index (χ0) is 18.2. The summed E-state index contributed by atoms with van der Waals surface area (Å²) < 4.78 is 5.37. The number of hydrogen-bond donors (Lipinski definition) is 2. The van der Waals surface area contributed by atoms with E-state index in [-0.39, 0.29) is 0 Å². The van der Waals surface area contributed by atoms with Gasteiger partial charge in [-0.15, -0.1) is 0 Å². The number of nitrogens with one attached hydrogen (secondary N) is 1. The van der Waals surface area contributed by atoms with Crippen LogP contribution in [0.1, 0.15) is 24.5 Å². The Morgan fingerprint density at radius 3 is 2.81 bits per heavy atom. The Hall–Kier alpha value is -1.63. The zero-order valence-electron chi connectivity index (χ0n) is 16.0. The third kappa shape index (κ3) is 5.69. The van der Waals surface area contributed by atoms with Gasteiger partial charge in [-0.2, -0.15) is 0 Å². The van der Waals surface area contributed by atoms with Crippen LogP contribution in [0.3, 0.4) is 0 Å². The van der Waals surface area contributed by atoms with Gasteiger partial charge in [-0.3, -0.25) is 14.8 Å². The van der Waals surface area contributed by atoms with Crippen LogP contribution in [-0.2, 0) is 17.7 Å². The Bertz CT molecular complexity index is 585. The molecule has 3 rings (SSSR count). The molecule has 6 heteroatoms. The first-order valence-electron chi connectivity index (χ1n) is 9.87. The first-order valence-corrected chi connectivity index (χ1v) is 9.87. The molecule has 0 radical (unpaired) electrons. The number of nitrogens with zero attached hydrogens (tertiary/aromatic N) is 3. The van der Waals surface area contributed by atoms with Gasteiger partial charge in [-0.1, -0.05) is 24.3 Å². The van der Waals surface area contributed by atoms with E-state index in [1.165, 1.54) is 11.1 Å². The molecular formula is C20H33N5O. The van der Waals surface area contributed by atoms with Crippen molar-refractivity contribution in [3.8, 4) is 0 Å². The topological polar surface area (TPSA) is 66.1 Å². The van der Waals surface area contributed by atoms with E-state index >= 15 is 0 Å². The quantitative estimate of drug-likeness (QED) is 0.433. The van der Waals surface area contributed by atoms with Gasteiger partial charge in [0.1, 0.15) is 0 Å². The number of aliphatic imine (C=N–C) groups is 1. The molecule has 1 fully saturated rings. The van der Waals surface area contributed by atoms with Crippen LogP contribution in [0.4, 0.5) is 0 Å². The Labute approximate surface area is 157 Å². The lowest BCUT2D eigenvalue weighted by atomic mass is 9.99. The van der Waals surface area contributed by atoms with Crippen LogP contribution in [0.2, 0.25) is 0 Å². The molecule has 1 aromatic carbocycles. The van der Waals surface area contributed by atoms with E-state index in [0.717, 1.165) is 71.9 Å². The molecule has 144 valence electrons. The predicted octanol–water partition coefficient (Wildman–Crippen LogP) is 1.06. The van der Waals surface area contributed by atoms with Crippen LogP contribution in [-0.4, -0.2) is 74.3 Å². The van der Waals surface area contributed by atoms with Crippen molar-refractivity contribution in [3.63, 3.8) is 0 Å². The van der Waals surface area contributed by atoms with Crippen molar-refractivity contribution in [2.75, 3.05) is 52.5 Å². The molecule has 2 aliphatic heterocycles. The maximum atomic E-state index is 6.03. The molecule has 0 aromatic heterocycles. The normalized spacial score (nSPS) is 20.6. The van der Waals surface area contributed by atoms with Crippen molar-refractivity contribution in [2.24, 2.45) is 10.7 Å². The number of nitrogens with two attached hydrogens (primary N) is 1. The molecule has 1 atom stereocenters. The summed E-state index contributed by atoms with van der Waals surface area (Å²) in [5.74, 6) is 0.566. The number of rotatable bonds is 7. The summed E-state index contributed by atoms with van der Waals surface area (Å²) in [6.45, 7) is 10.9. The lowest BCUT2D eigenvalue weighted by Gasteiger charge is -2.33. The summed E-state index contributed by atoms with van der Waals surface area (Å²) in [4.78, 5) is 9.48. The molecule has 3 N–H and O–H groups in total. The van der Waals surface area contributed by atoms with E-state index in [1.54, 1.807) is 0 Å². The van der Waals surface area contributed by atoms with Crippen molar-refractivity contribution < 1.29 is 4.74 Å². The van der Waals surface area contributed by atoms with Crippen molar-refractivity contribution >= 4 is 5.96 Å². The highest BCUT2D eigenvalue weighted by atomic mass is 16.5. The molecule has 2 heterocycles. The van der Waals surface area contributed by atoms with Crippen LogP contribution in [0.15, 0.2) is 29.3 Å². The van der Waals surface area contributed by atoms with Gasteiger partial charge in [0.25, 0.3) is 0 Å². The predicted molar refractivity (Wildman–Crippen MR) is 106 cm³/mol. The third-order valence-electron chi connectivity index (χ3n) is 5.37. The second-order valence-corrected chi connectivity index (χ2v) is 7.30. The fraction of sp³-hybridized carbons (Fsp3) is 0.650. The van der Waals surface area contributed by atoms with Crippen LogP contribution in [0.5, 0.6) is 0 Å². The monoisotopic (exact) mass is 359 g/mol. The van der Waals surface area contributed by atoms with Crippen LogP contribution in [0, 0.1) is 0 Å². The van der Waals surface area contributed by atoms with Gasteiger partial charge in [-0.25, -0.2) is 0 Å². The van der Waals surface area contributed by atoms with Gasteiger partial charge in [0.05, 0.1) is 19.8 Å². The largest absolute Gasteiger partial charge is 0.379 e. The highest BCUT2D eigenvalue weighted by Crippen LogP contribution is 2.20. The third-order valence-corrected chi connectivity index (χ3v) is 5.37. The molecule has 6 nitrogen and oxygen atoms in total. The minimum absolute atomic E-state index is 0.400. The van der Waals surface area contributed by atoms with E-state index in [0.29, 0.717) is 12.0 Å². The molecule has 0 bridgehead atoms. The first-order chi connectivity index (χ1) is 12.7. The Kier molecular flexibility index (Phi) is 7.29. The van der Waals surface area contributed by atoms with Crippen molar-refractivity contribution in [2.45, 2.75) is 32.4 Å². The SMILES string of the molecule is CC(CN=C(N)NCCCN1CCOCC1)N1CCc2ccccc2C1. The number of morpholine rings is 1. The molecule has 1 saturated heterocycles. The summed E-state index contributed by atoms with van der Waals surface area (Å²) in [6.07, 6.45) is 2.20. The minimum atomic E-state index is 0.400. The Balaban J connectivity index is 1.34. The van der Waals surface area contributed by atoms with Crippen molar-refractivity contribution in [1.29, 1.82) is 0 Å². The fourth-order valence-corrected chi connectivity index (χ4v) is 3.64. The summed E-state index contributed by atoms with van der Waals surface area (Å²) in [5.41, 5.74) is 8.97. The average molecular weight is 360 g/mol. The highest BCUT2D eigenvalue weighted by Gasteiger charge is 2.20. The molecule has 0 aliphatic carbocycles. The number of guanidine groups is 1. The maximum absolute atomic E-state index is 6.03. The Morgan fingerprint density at radius 2 is 2.00 bits per heavy atom. The smallest absolute Gasteiger partial charge is 0.188 e. The number of hydrogen-bond acceptors (Lipinski definition) is 4. The number of ether oxygens (including phenoxy) is 1. The average Bonchev–Trinajstić information content (AvgIpc) is 2.70. The number of benzene rings is 1. The lowest BCUT2D eigenvalue weighted by Crippen LogP contribution is -2.41. The van der Waals surface area contributed by atoms with Gasteiger partial charge in [-0.05, 0) is 37.4 Å². The maximum Gasteiger partial charge on any atom is 0.188 e. The first kappa shape index (κ1) is 19.1. The molecule has 1 unspecified atom stereocenters. The zero-order valence-corrected chi connectivity index (χ0v) is 16.0. The van der Waals surface area contributed by atoms with E-state index in [1.807, 2.05) is 0 Å². The van der Waals surface area contributed by atoms with Gasteiger partial charge in [0, 0.05) is 38.8 Å². The summed E-state index contributed by atoms with van der Waals surface area (Å²) in [7, 11) is 0. The fourth-order valence-electron chi connectivity index (χ4n) is 3.64. The molecule has 0 saturated carbocycles. The standard InChI is InChI=1S/C20H33N5O/c1-17(25-10-7-18-5-2-3-6-19(18)16-25)15-23-20(21)22-8-4-9-24-11-13-26-14-12-24/h2-3,5-6,17H,4,7-16H2,1H3,(H3,21,22,23). The summed E-state index contributed by atoms with van der Waals surface area (Å²) >= 11 is 0. The molecular weight excluding hydrogens is 326 g/mol. The van der Waals surface area contributed by atoms with E-state index in [9.17, 15) is 0 Å². The highest BCUT2D eigenvalue weighted by molar-refractivity contribution is 5.77. The number of fused-ring (bicyclic) bond motifs is 1. The second-order valence-electron chi connectivity index (χ2n) is 7.30. The summed E-state index contributed by atoms with van der Waals surface area (Å²) in [5, 5.41) is 3.25. The molecule has 0 amide bonds.